The highest BCUT2D eigenvalue weighted by atomic mass is 35.5. The third-order valence-corrected chi connectivity index (χ3v) is 2.84. The zero-order valence-electron chi connectivity index (χ0n) is 9.04. The van der Waals surface area contributed by atoms with Gasteiger partial charge in [0.2, 0.25) is 0 Å². The monoisotopic (exact) mass is 230 g/mol. The van der Waals surface area contributed by atoms with Gasteiger partial charge in [0.25, 0.3) is 5.56 Å². The molecule has 1 aromatic rings. The smallest absolute Gasteiger partial charge is 0.271 e. The van der Waals surface area contributed by atoms with Crippen LogP contribution in [0.3, 0.4) is 0 Å². The molecule has 0 atom stereocenters. The molecule has 0 saturated heterocycles. The Morgan fingerprint density at radius 1 is 1.67 bits per heavy atom. The number of aromatic amines is 1. The molecule has 0 amide bonds. The first kappa shape index (κ1) is 12.0. The average molecular weight is 231 g/mol. The molecule has 1 aromatic heterocycles. The number of rotatable bonds is 3. The molecule has 0 aliphatic rings. The second-order valence-electron chi connectivity index (χ2n) is 3.94. The Hall–Kier alpha value is -1.07. The van der Waals surface area contributed by atoms with Gasteiger partial charge >= 0.3 is 0 Å². The minimum absolute atomic E-state index is 0.0847. The number of nitrogens with one attached hydrogen (secondary N) is 1. The van der Waals surface area contributed by atoms with Crippen LogP contribution in [-0.2, 0) is 0 Å². The van der Waals surface area contributed by atoms with Crippen LogP contribution in [0.25, 0.3) is 0 Å². The summed E-state index contributed by atoms with van der Waals surface area (Å²) in [5, 5.41) is 0.0847. The van der Waals surface area contributed by atoms with E-state index in [2.05, 4.69) is 9.97 Å². The second kappa shape index (κ2) is 4.20. The van der Waals surface area contributed by atoms with Crippen LogP contribution in [0.5, 0.6) is 0 Å². The Balaban J connectivity index is 3.17. The SMILES string of the molecule is CN(c1nc[nH]c(=O)c1Cl)C(C)(C)CN. The number of likely N-dealkylation sites (N-methyl/N-ethyl adjacent to an activating group) is 1. The van der Waals surface area contributed by atoms with Crippen molar-refractivity contribution >= 4 is 17.4 Å². The van der Waals surface area contributed by atoms with Crippen molar-refractivity contribution in [3.05, 3.63) is 21.7 Å². The van der Waals surface area contributed by atoms with Crippen molar-refractivity contribution in [2.75, 3.05) is 18.5 Å². The van der Waals surface area contributed by atoms with Gasteiger partial charge in [-0.25, -0.2) is 4.98 Å². The first-order valence-corrected chi connectivity index (χ1v) is 4.95. The zero-order chi connectivity index (χ0) is 11.6. The maximum absolute atomic E-state index is 11.3. The summed E-state index contributed by atoms with van der Waals surface area (Å²) >= 11 is 5.86. The summed E-state index contributed by atoms with van der Waals surface area (Å²) in [7, 11) is 1.81. The van der Waals surface area contributed by atoms with E-state index in [9.17, 15) is 4.79 Å². The Bertz CT molecular complexity index is 401. The van der Waals surface area contributed by atoms with Gasteiger partial charge in [0.1, 0.15) is 5.02 Å². The first-order chi connectivity index (χ1) is 6.90. The van der Waals surface area contributed by atoms with Crippen LogP contribution in [0.1, 0.15) is 13.8 Å². The Morgan fingerprint density at radius 2 is 2.27 bits per heavy atom. The fraction of sp³-hybridized carbons (Fsp3) is 0.556. The van der Waals surface area contributed by atoms with Gasteiger partial charge in [0.05, 0.1) is 6.33 Å². The van der Waals surface area contributed by atoms with E-state index in [1.54, 1.807) is 11.9 Å². The van der Waals surface area contributed by atoms with Gasteiger partial charge in [-0.15, -0.1) is 0 Å². The number of hydrogen-bond donors (Lipinski definition) is 2. The molecule has 0 radical (unpaired) electrons. The third-order valence-electron chi connectivity index (χ3n) is 2.50. The lowest BCUT2D eigenvalue weighted by molar-refractivity contribution is 0.494. The molecule has 1 rings (SSSR count). The number of aromatic nitrogens is 2. The van der Waals surface area contributed by atoms with Crippen LogP contribution in [0.15, 0.2) is 11.1 Å². The highest BCUT2D eigenvalue weighted by Gasteiger charge is 2.25. The summed E-state index contributed by atoms with van der Waals surface area (Å²) < 4.78 is 0. The van der Waals surface area contributed by atoms with Gasteiger partial charge in [-0.3, -0.25) is 4.79 Å². The normalized spacial score (nSPS) is 11.5. The van der Waals surface area contributed by atoms with E-state index in [-0.39, 0.29) is 16.1 Å². The first-order valence-electron chi connectivity index (χ1n) is 4.57. The highest BCUT2D eigenvalue weighted by molar-refractivity contribution is 6.32. The van der Waals surface area contributed by atoms with E-state index in [1.165, 1.54) is 6.33 Å². The quantitative estimate of drug-likeness (QED) is 0.797. The summed E-state index contributed by atoms with van der Waals surface area (Å²) in [5.41, 5.74) is 4.99. The molecule has 0 aliphatic heterocycles. The summed E-state index contributed by atoms with van der Waals surface area (Å²) in [4.78, 5) is 19.5. The molecule has 0 aromatic carbocycles. The fourth-order valence-corrected chi connectivity index (χ4v) is 1.26. The lowest BCUT2D eigenvalue weighted by atomic mass is 10.0. The van der Waals surface area contributed by atoms with Gasteiger partial charge in [0.15, 0.2) is 5.82 Å². The van der Waals surface area contributed by atoms with Crippen molar-refractivity contribution in [3.63, 3.8) is 0 Å². The molecule has 0 aliphatic carbocycles. The van der Waals surface area contributed by atoms with Crippen LogP contribution >= 0.6 is 11.6 Å². The van der Waals surface area contributed by atoms with E-state index >= 15 is 0 Å². The van der Waals surface area contributed by atoms with Crippen molar-refractivity contribution in [1.29, 1.82) is 0 Å². The van der Waals surface area contributed by atoms with Gasteiger partial charge in [-0.1, -0.05) is 11.6 Å². The maximum Gasteiger partial charge on any atom is 0.271 e. The van der Waals surface area contributed by atoms with Crippen molar-refractivity contribution < 1.29 is 0 Å². The fourth-order valence-electron chi connectivity index (χ4n) is 1.03. The van der Waals surface area contributed by atoms with Crippen molar-refractivity contribution in [2.24, 2.45) is 5.73 Å². The molecule has 5 nitrogen and oxygen atoms in total. The third kappa shape index (κ3) is 2.30. The van der Waals surface area contributed by atoms with E-state index in [0.29, 0.717) is 12.4 Å². The Morgan fingerprint density at radius 3 is 2.80 bits per heavy atom. The predicted molar refractivity (Wildman–Crippen MR) is 61.4 cm³/mol. The lowest BCUT2D eigenvalue weighted by Crippen LogP contribution is -2.48. The number of H-pyrrole nitrogens is 1. The van der Waals surface area contributed by atoms with Gasteiger partial charge in [0, 0.05) is 19.1 Å². The topological polar surface area (TPSA) is 75.0 Å². The standard InChI is InChI=1S/C9H15ClN4O/c1-9(2,4-11)14(3)7-6(10)8(15)13-5-12-7/h5H,4,11H2,1-3H3,(H,12,13,15). The molecule has 0 unspecified atom stereocenters. The maximum atomic E-state index is 11.3. The lowest BCUT2D eigenvalue weighted by Gasteiger charge is -2.35. The van der Waals surface area contributed by atoms with Crippen molar-refractivity contribution in [3.8, 4) is 0 Å². The molecule has 84 valence electrons. The largest absolute Gasteiger partial charge is 0.352 e. The number of halogens is 1. The highest BCUT2D eigenvalue weighted by Crippen LogP contribution is 2.23. The van der Waals surface area contributed by atoms with Crippen LogP contribution in [0, 0.1) is 0 Å². The number of nitrogens with two attached hydrogens (primary N) is 1. The summed E-state index contributed by atoms with van der Waals surface area (Å²) in [6, 6.07) is 0. The molecule has 0 spiro atoms. The van der Waals surface area contributed by atoms with E-state index in [4.69, 9.17) is 17.3 Å². The van der Waals surface area contributed by atoms with Gasteiger partial charge in [-0.2, -0.15) is 0 Å². The van der Waals surface area contributed by atoms with E-state index in [1.807, 2.05) is 13.8 Å². The minimum Gasteiger partial charge on any atom is -0.352 e. The predicted octanol–water partition coefficient (Wildman–Crippen LogP) is 0.597. The number of nitrogens with zero attached hydrogens (tertiary/aromatic N) is 2. The number of anilines is 1. The summed E-state index contributed by atoms with van der Waals surface area (Å²) in [6.45, 7) is 4.34. The Kier molecular flexibility index (Phi) is 3.36. The zero-order valence-corrected chi connectivity index (χ0v) is 9.80. The van der Waals surface area contributed by atoms with Gasteiger partial charge < -0.3 is 15.6 Å². The molecule has 6 heteroatoms. The summed E-state index contributed by atoms with van der Waals surface area (Å²) in [5.74, 6) is 0.441. The van der Waals surface area contributed by atoms with Crippen LogP contribution < -0.4 is 16.2 Å². The molecule has 0 bridgehead atoms. The van der Waals surface area contributed by atoms with Crippen molar-refractivity contribution in [2.45, 2.75) is 19.4 Å². The van der Waals surface area contributed by atoms with Crippen LogP contribution in [0.2, 0.25) is 5.02 Å². The van der Waals surface area contributed by atoms with Crippen LogP contribution in [0.4, 0.5) is 5.82 Å². The van der Waals surface area contributed by atoms with E-state index in [0.717, 1.165) is 0 Å². The van der Waals surface area contributed by atoms with E-state index < -0.39 is 0 Å². The number of hydrogen-bond acceptors (Lipinski definition) is 4. The summed E-state index contributed by atoms with van der Waals surface area (Å²) in [6.07, 6.45) is 1.33. The average Bonchev–Trinajstić information content (AvgIpc) is 2.21. The molecule has 1 heterocycles. The molecular formula is C9H15ClN4O. The molecule has 0 fully saturated rings. The van der Waals surface area contributed by atoms with Crippen LogP contribution in [-0.4, -0.2) is 29.1 Å². The molecule has 0 saturated carbocycles. The van der Waals surface area contributed by atoms with Crippen molar-refractivity contribution in [1.82, 2.24) is 9.97 Å². The molecule has 15 heavy (non-hydrogen) atoms. The Labute approximate surface area is 93.3 Å². The molecule has 3 N–H and O–H groups in total. The minimum atomic E-state index is -0.346. The van der Waals surface area contributed by atoms with Gasteiger partial charge in [-0.05, 0) is 13.8 Å². The molecular weight excluding hydrogens is 216 g/mol. The second-order valence-corrected chi connectivity index (χ2v) is 4.32.